The van der Waals surface area contributed by atoms with Crippen LogP contribution in [0.3, 0.4) is 0 Å². The van der Waals surface area contributed by atoms with Crippen molar-refractivity contribution < 1.29 is 9.59 Å². The van der Waals surface area contributed by atoms with Crippen LogP contribution >= 0.6 is 46.7 Å². The normalized spacial score (nSPS) is 12.5. The van der Waals surface area contributed by atoms with Gasteiger partial charge in [-0.2, -0.15) is 0 Å². The van der Waals surface area contributed by atoms with Gasteiger partial charge in [-0.25, -0.2) is 9.97 Å². The summed E-state index contributed by atoms with van der Waals surface area (Å²) in [4.78, 5) is 64.6. The first kappa shape index (κ1) is 37.1. The lowest BCUT2D eigenvalue weighted by molar-refractivity contribution is -0.116. The second-order valence-corrected chi connectivity index (χ2v) is 15.0. The number of fused-ring (bicyclic) bond motifs is 2. The zero-order valence-corrected chi connectivity index (χ0v) is 31.4. The number of carbonyl (C=O) groups excluding carboxylic acids is 2. The van der Waals surface area contributed by atoms with Gasteiger partial charge >= 0.3 is 0 Å². The summed E-state index contributed by atoms with van der Waals surface area (Å²) in [5.41, 5.74) is 1.59. The van der Waals surface area contributed by atoms with E-state index in [1.807, 2.05) is 13.8 Å². The predicted molar refractivity (Wildman–Crippen MR) is 212 cm³/mol. The molecule has 0 radical (unpaired) electrons. The minimum Gasteiger partial charge on any atom is -0.325 e. The molecule has 0 aliphatic carbocycles. The van der Waals surface area contributed by atoms with Gasteiger partial charge in [-0.1, -0.05) is 84.8 Å². The number of amides is 2. The highest BCUT2D eigenvalue weighted by atomic mass is 35.5. The van der Waals surface area contributed by atoms with Crippen molar-refractivity contribution in [2.24, 2.45) is 0 Å². The van der Waals surface area contributed by atoms with Crippen LogP contribution in [0.25, 0.3) is 21.8 Å². The van der Waals surface area contributed by atoms with Crippen LogP contribution in [-0.4, -0.2) is 41.4 Å². The van der Waals surface area contributed by atoms with Crippen LogP contribution in [0.1, 0.15) is 26.7 Å². The first-order valence-electron chi connectivity index (χ1n) is 16.6. The topological polar surface area (TPSA) is 128 Å². The Morgan fingerprint density at radius 2 is 0.981 bits per heavy atom. The molecule has 6 rings (SSSR count). The molecule has 6 aromatic rings. The quantitative estimate of drug-likeness (QED) is 0.0890. The molecule has 0 spiro atoms. The number of thioether (sulfide) groups is 2. The molecule has 0 fully saturated rings. The number of nitrogens with zero attached hydrogens (tertiary/aromatic N) is 4. The van der Waals surface area contributed by atoms with Crippen molar-refractivity contribution in [1.29, 1.82) is 0 Å². The van der Waals surface area contributed by atoms with Gasteiger partial charge in [0, 0.05) is 34.5 Å². The van der Waals surface area contributed by atoms with E-state index in [9.17, 15) is 19.2 Å². The van der Waals surface area contributed by atoms with Crippen molar-refractivity contribution in [3.05, 3.63) is 128 Å². The number of anilines is 2. The van der Waals surface area contributed by atoms with Crippen molar-refractivity contribution >= 4 is 91.7 Å². The fraction of sp³-hybridized carbons (Fsp3) is 0.211. The van der Waals surface area contributed by atoms with E-state index in [0.717, 1.165) is 0 Å². The molecular weight excluding hydrogens is 739 g/mol. The number of benzene rings is 4. The van der Waals surface area contributed by atoms with Gasteiger partial charge in [0.2, 0.25) is 11.8 Å². The highest BCUT2D eigenvalue weighted by Gasteiger charge is 2.25. The first-order valence-corrected chi connectivity index (χ1v) is 19.1. The number of nitrogens with one attached hydrogen (secondary N) is 2. The maximum Gasteiger partial charge on any atom is 0.262 e. The van der Waals surface area contributed by atoms with Crippen LogP contribution in [0.15, 0.2) is 117 Å². The van der Waals surface area contributed by atoms with E-state index in [-0.39, 0.29) is 36.0 Å². The number of halogens is 2. The number of para-hydroxylation sites is 2. The Bertz CT molecular complexity index is 2200. The van der Waals surface area contributed by atoms with Crippen LogP contribution in [0.2, 0.25) is 10.0 Å². The summed E-state index contributed by atoms with van der Waals surface area (Å²) in [6, 6.07) is 27.7. The second-order valence-electron chi connectivity index (χ2n) is 11.8. The fourth-order valence-electron chi connectivity index (χ4n) is 5.48. The van der Waals surface area contributed by atoms with E-state index in [1.165, 1.54) is 32.7 Å². The largest absolute Gasteiger partial charge is 0.325 e. The monoisotopic (exact) mass is 772 g/mol. The molecule has 0 unspecified atom stereocenters. The van der Waals surface area contributed by atoms with Crippen LogP contribution in [0, 0.1) is 0 Å². The summed E-state index contributed by atoms with van der Waals surface area (Å²) >= 11 is 14.4. The van der Waals surface area contributed by atoms with Crippen molar-refractivity contribution in [3.8, 4) is 0 Å². The standard InChI is InChI=1S/C38H34Cl2N6O4S2/c1-3-31(33(47)41-25-17-13-23(39)14-18-25)51-37-43-29-11-7-5-9-27(29)35(49)45(37)21-22-46-36(50)28-10-6-8-12-30(28)44-38(46)52-32(4-2)34(48)42-26-19-15-24(40)16-20-26/h5-20,31-32H,3-4,21-22H2,1-2H3,(H,41,47)(H,42,48)/t31-,32-/m0/s1. The summed E-state index contributed by atoms with van der Waals surface area (Å²) in [6.07, 6.45) is 0.913. The second kappa shape index (κ2) is 16.8. The lowest BCUT2D eigenvalue weighted by Crippen LogP contribution is -2.32. The molecule has 0 saturated carbocycles. The van der Waals surface area contributed by atoms with Crippen LogP contribution in [-0.2, 0) is 22.7 Å². The first-order chi connectivity index (χ1) is 25.1. The Kier molecular flexibility index (Phi) is 12.0. The van der Waals surface area contributed by atoms with Gasteiger partial charge in [0.1, 0.15) is 0 Å². The zero-order chi connectivity index (χ0) is 36.8. The number of aromatic nitrogens is 4. The maximum absolute atomic E-state index is 14.1. The predicted octanol–water partition coefficient (Wildman–Crippen LogP) is 8.13. The Morgan fingerprint density at radius 3 is 1.35 bits per heavy atom. The van der Waals surface area contributed by atoms with E-state index in [4.69, 9.17) is 33.2 Å². The van der Waals surface area contributed by atoms with E-state index >= 15 is 0 Å². The number of hydrogen-bond acceptors (Lipinski definition) is 8. The zero-order valence-electron chi connectivity index (χ0n) is 28.2. The van der Waals surface area contributed by atoms with Gasteiger partial charge in [-0.15, -0.1) is 0 Å². The van der Waals surface area contributed by atoms with Gasteiger partial charge in [-0.3, -0.25) is 28.3 Å². The third kappa shape index (κ3) is 8.53. The van der Waals surface area contributed by atoms with Crippen LogP contribution < -0.4 is 21.8 Å². The van der Waals surface area contributed by atoms with E-state index < -0.39 is 10.5 Å². The third-order valence-electron chi connectivity index (χ3n) is 8.25. The van der Waals surface area contributed by atoms with E-state index in [1.54, 1.807) is 97.1 Å². The number of rotatable bonds is 13. The number of hydrogen-bond donors (Lipinski definition) is 2. The highest BCUT2D eigenvalue weighted by molar-refractivity contribution is 8.00. The minimum absolute atomic E-state index is 0.0511. The van der Waals surface area contributed by atoms with Gasteiger partial charge < -0.3 is 10.6 Å². The maximum atomic E-state index is 14.1. The molecule has 0 aliphatic rings. The van der Waals surface area contributed by atoms with Crippen LogP contribution in [0.4, 0.5) is 11.4 Å². The smallest absolute Gasteiger partial charge is 0.262 e. The SMILES string of the molecule is CC[C@H](Sc1nc2ccccc2c(=O)n1CCn1c(S[C@@H](CC)C(=O)Nc2ccc(Cl)cc2)nc2ccccc2c1=O)C(=O)Nc1ccc(Cl)cc1. The summed E-state index contributed by atoms with van der Waals surface area (Å²) < 4.78 is 3.01. The third-order valence-corrected chi connectivity index (χ3v) is 11.5. The van der Waals surface area contributed by atoms with Gasteiger partial charge in [0.05, 0.1) is 32.3 Å². The molecule has 10 nitrogen and oxygen atoms in total. The Balaban J connectivity index is 1.33. The molecule has 2 N–H and O–H groups in total. The molecule has 2 heterocycles. The minimum atomic E-state index is -0.587. The van der Waals surface area contributed by atoms with E-state index in [0.29, 0.717) is 66.4 Å². The molecule has 266 valence electrons. The fourth-order valence-corrected chi connectivity index (χ4v) is 7.81. The highest BCUT2D eigenvalue weighted by Crippen LogP contribution is 2.29. The molecule has 0 bridgehead atoms. The van der Waals surface area contributed by atoms with Crippen molar-refractivity contribution in [2.75, 3.05) is 10.6 Å². The molecule has 14 heteroatoms. The summed E-state index contributed by atoms with van der Waals surface area (Å²) in [7, 11) is 0. The molecule has 4 aromatic carbocycles. The van der Waals surface area contributed by atoms with Gasteiger partial charge in [-0.05, 0) is 85.6 Å². The molecule has 0 aliphatic heterocycles. The Morgan fingerprint density at radius 1 is 0.615 bits per heavy atom. The summed E-state index contributed by atoms with van der Waals surface area (Å²) in [5.74, 6) is -0.500. The molecule has 52 heavy (non-hydrogen) atoms. The molecule has 2 amide bonds. The van der Waals surface area contributed by atoms with Gasteiger partial charge in [0.15, 0.2) is 10.3 Å². The average Bonchev–Trinajstić information content (AvgIpc) is 3.15. The van der Waals surface area contributed by atoms with Gasteiger partial charge in [0.25, 0.3) is 11.1 Å². The lowest BCUT2D eigenvalue weighted by Gasteiger charge is -2.20. The van der Waals surface area contributed by atoms with Crippen molar-refractivity contribution in [2.45, 2.75) is 60.6 Å². The molecule has 0 saturated heterocycles. The van der Waals surface area contributed by atoms with E-state index in [2.05, 4.69) is 10.6 Å². The Labute approximate surface area is 318 Å². The molecule has 2 aromatic heterocycles. The van der Waals surface area contributed by atoms with Crippen molar-refractivity contribution in [1.82, 2.24) is 19.1 Å². The van der Waals surface area contributed by atoms with Crippen LogP contribution in [0.5, 0.6) is 0 Å². The summed E-state index contributed by atoms with van der Waals surface area (Å²) in [6.45, 7) is 3.88. The number of carbonyl (C=O) groups is 2. The van der Waals surface area contributed by atoms with Crippen molar-refractivity contribution in [3.63, 3.8) is 0 Å². The average molecular weight is 774 g/mol. The Hall–Kier alpha value is -4.62. The lowest BCUT2D eigenvalue weighted by atomic mass is 10.2. The summed E-state index contributed by atoms with van der Waals surface area (Å²) in [5, 5.41) is 7.28. The molecule has 2 atom stereocenters. The molecular formula is C38H34Cl2N6O4S2.